The maximum Gasteiger partial charge on any atom is 0.246 e. The zero-order valence-corrected chi connectivity index (χ0v) is 19.5. The van der Waals surface area contributed by atoms with Crippen molar-refractivity contribution in [3.63, 3.8) is 0 Å². The molecule has 8 heteroatoms. The van der Waals surface area contributed by atoms with Crippen LogP contribution in [0.4, 0.5) is 5.69 Å². The molecule has 1 aromatic carbocycles. The van der Waals surface area contributed by atoms with Crippen LogP contribution in [0.2, 0.25) is 0 Å². The van der Waals surface area contributed by atoms with Gasteiger partial charge < -0.3 is 25.0 Å². The largest absolute Gasteiger partial charge is 0.381 e. The van der Waals surface area contributed by atoms with Crippen molar-refractivity contribution in [1.82, 2.24) is 10.6 Å². The van der Waals surface area contributed by atoms with E-state index in [1.54, 1.807) is 7.05 Å². The Morgan fingerprint density at radius 3 is 3.00 bits per heavy atom. The third kappa shape index (κ3) is 7.42. The Kier molecular flexibility index (Phi) is 10.7. The molecule has 2 heterocycles. The van der Waals surface area contributed by atoms with Gasteiger partial charge in [0.05, 0.1) is 19.8 Å². The normalized spacial score (nSPS) is 18.7. The van der Waals surface area contributed by atoms with Crippen LogP contribution in [0, 0.1) is 5.92 Å². The van der Waals surface area contributed by atoms with Crippen molar-refractivity contribution in [2.75, 3.05) is 58.0 Å². The Balaban J connectivity index is 0.00000300. The summed E-state index contributed by atoms with van der Waals surface area (Å²) in [6, 6.07) is 8.14. The molecule has 2 aliphatic rings. The molecule has 2 N–H and O–H groups in total. The highest BCUT2D eigenvalue weighted by molar-refractivity contribution is 14.0. The Morgan fingerprint density at radius 1 is 1.34 bits per heavy atom. The van der Waals surface area contributed by atoms with E-state index in [1.165, 1.54) is 5.56 Å². The Morgan fingerprint density at radius 2 is 2.21 bits per heavy atom. The van der Waals surface area contributed by atoms with Crippen molar-refractivity contribution in [2.45, 2.75) is 25.7 Å². The number of guanidine groups is 1. The van der Waals surface area contributed by atoms with Crippen LogP contribution in [-0.2, 0) is 20.7 Å². The van der Waals surface area contributed by atoms with E-state index in [1.807, 2.05) is 23.1 Å². The van der Waals surface area contributed by atoms with Crippen LogP contribution >= 0.6 is 24.0 Å². The van der Waals surface area contributed by atoms with Crippen molar-refractivity contribution < 1.29 is 14.3 Å². The monoisotopic (exact) mass is 516 g/mol. The molecule has 0 aromatic heterocycles. The molecule has 2 aliphatic heterocycles. The molecular weight excluding hydrogens is 483 g/mol. The lowest BCUT2D eigenvalue weighted by molar-refractivity contribution is -0.117. The van der Waals surface area contributed by atoms with Gasteiger partial charge in [0.25, 0.3) is 0 Å². The molecule has 0 bridgehead atoms. The van der Waals surface area contributed by atoms with Crippen LogP contribution in [-0.4, -0.2) is 65.0 Å². The summed E-state index contributed by atoms with van der Waals surface area (Å²) >= 11 is 0. The first kappa shape index (κ1) is 23.9. The van der Waals surface area contributed by atoms with E-state index in [0.29, 0.717) is 18.5 Å². The number of nitrogens with one attached hydrogen (secondary N) is 2. The topological polar surface area (TPSA) is 75.2 Å². The van der Waals surface area contributed by atoms with Gasteiger partial charge in [-0.05, 0) is 37.3 Å². The van der Waals surface area contributed by atoms with Crippen LogP contribution in [0.1, 0.15) is 24.8 Å². The number of para-hydroxylation sites is 1. The lowest BCUT2D eigenvalue weighted by Crippen LogP contribution is -2.46. The lowest BCUT2D eigenvalue weighted by atomic mass is 10.0. The molecule has 0 radical (unpaired) electrons. The predicted octanol–water partition coefficient (Wildman–Crippen LogP) is 2.19. The molecule has 0 saturated carbocycles. The number of carbonyl (C=O) groups is 1. The molecule has 3 rings (SSSR count). The van der Waals surface area contributed by atoms with E-state index in [9.17, 15) is 4.79 Å². The minimum Gasteiger partial charge on any atom is -0.381 e. The summed E-state index contributed by atoms with van der Waals surface area (Å²) in [5, 5.41) is 6.36. The molecule has 1 saturated heterocycles. The number of aryl methyl sites for hydroxylation is 1. The standard InChI is InChI=1S/C21H32N4O3.HI/c1-22-21(23-10-5-12-27-15-17-9-13-28-16-17)24-14-20(26)25-11-4-7-18-6-2-3-8-19(18)25;/h2-3,6,8,17H,4-5,7,9-16H2,1H3,(H2,22,23,24);1H. The molecule has 0 aliphatic carbocycles. The van der Waals surface area contributed by atoms with E-state index in [2.05, 4.69) is 21.7 Å². The molecule has 0 spiro atoms. The summed E-state index contributed by atoms with van der Waals surface area (Å²) in [6.45, 7) is 4.92. The highest BCUT2D eigenvalue weighted by atomic mass is 127. The fourth-order valence-corrected chi connectivity index (χ4v) is 3.61. The summed E-state index contributed by atoms with van der Waals surface area (Å²) in [6.07, 6.45) is 4.03. The van der Waals surface area contributed by atoms with Crippen LogP contribution < -0.4 is 15.5 Å². The minimum absolute atomic E-state index is 0. The number of hydrogen-bond donors (Lipinski definition) is 2. The van der Waals surface area contributed by atoms with Crippen molar-refractivity contribution in [2.24, 2.45) is 10.9 Å². The van der Waals surface area contributed by atoms with Crippen LogP contribution in [0.25, 0.3) is 0 Å². The van der Waals surface area contributed by atoms with Gasteiger partial charge in [-0.3, -0.25) is 9.79 Å². The van der Waals surface area contributed by atoms with Gasteiger partial charge in [-0.2, -0.15) is 0 Å². The van der Waals surface area contributed by atoms with Crippen LogP contribution in [0.15, 0.2) is 29.3 Å². The maximum atomic E-state index is 12.7. The first-order valence-electron chi connectivity index (χ1n) is 10.3. The average Bonchev–Trinajstić information content (AvgIpc) is 3.25. The summed E-state index contributed by atoms with van der Waals surface area (Å²) < 4.78 is 11.0. The summed E-state index contributed by atoms with van der Waals surface area (Å²) in [5.74, 6) is 1.26. The number of carbonyl (C=O) groups excluding carboxylic acids is 1. The number of halogens is 1. The highest BCUT2D eigenvalue weighted by Crippen LogP contribution is 2.26. The first-order chi connectivity index (χ1) is 13.8. The number of amides is 1. The molecule has 7 nitrogen and oxygen atoms in total. The molecule has 1 amide bonds. The second kappa shape index (κ2) is 13.0. The third-order valence-corrected chi connectivity index (χ3v) is 5.18. The van der Waals surface area contributed by atoms with E-state index in [0.717, 1.165) is 64.3 Å². The number of nitrogens with zero attached hydrogens (tertiary/aromatic N) is 2. The van der Waals surface area contributed by atoms with Gasteiger partial charge in [0.2, 0.25) is 5.91 Å². The molecular formula is C21H33IN4O3. The van der Waals surface area contributed by atoms with E-state index in [-0.39, 0.29) is 36.4 Å². The predicted molar refractivity (Wildman–Crippen MR) is 126 cm³/mol. The van der Waals surface area contributed by atoms with Gasteiger partial charge >= 0.3 is 0 Å². The summed E-state index contributed by atoms with van der Waals surface area (Å²) in [4.78, 5) is 18.7. The number of anilines is 1. The fourth-order valence-electron chi connectivity index (χ4n) is 3.61. The number of rotatable bonds is 8. The van der Waals surface area contributed by atoms with Gasteiger partial charge in [0.15, 0.2) is 5.96 Å². The zero-order valence-electron chi connectivity index (χ0n) is 17.2. The molecule has 29 heavy (non-hydrogen) atoms. The summed E-state index contributed by atoms with van der Waals surface area (Å²) in [5.41, 5.74) is 2.28. The number of fused-ring (bicyclic) bond motifs is 1. The first-order valence-corrected chi connectivity index (χ1v) is 10.3. The zero-order chi connectivity index (χ0) is 19.6. The number of ether oxygens (including phenoxy) is 2. The molecule has 162 valence electrons. The van der Waals surface area contributed by atoms with E-state index in [4.69, 9.17) is 9.47 Å². The average molecular weight is 516 g/mol. The second-order valence-corrected chi connectivity index (χ2v) is 7.29. The van der Waals surface area contributed by atoms with Crippen molar-refractivity contribution in [3.8, 4) is 0 Å². The highest BCUT2D eigenvalue weighted by Gasteiger charge is 2.22. The summed E-state index contributed by atoms with van der Waals surface area (Å²) in [7, 11) is 1.71. The second-order valence-electron chi connectivity index (χ2n) is 7.29. The minimum atomic E-state index is 0. The van der Waals surface area contributed by atoms with Crippen LogP contribution in [0.3, 0.4) is 0 Å². The molecule has 1 atom stereocenters. The van der Waals surface area contributed by atoms with Crippen molar-refractivity contribution >= 4 is 41.5 Å². The van der Waals surface area contributed by atoms with Crippen molar-refractivity contribution in [1.29, 1.82) is 0 Å². The van der Waals surface area contributed by atoms with Crippen molar-refractivity contribution in [3.05, 3.63) is 29.8 Å². The van der Waals surface area contributed by atoms with Crippen LogP contribution in [0.5, 0.6) is 0 Å². The third-order valence-electron chi connectivity index (χ3n) is 5.18. The SMILES string of the molecule is CN=C(NCCCOCC1CCOC1)NCC(=O)N1CCCc2ccccc21.I. The molecule has 1 fully saturated rings. The maximum absolute atomic E-state index is 12.7. The number of aliphatic imine (C=N–C) groups is 1. The van der Waals surface area contributed by atoms with Gasteiger partial charge in [0.1, 0.15) is 0 Å². The van der Waals surface area contributed by atoms with Gasteiger partial charge in [-0.1, -0.05) is 18.2 Å². The molecule has 1 aromatic rings. The van der Waals surface area contributed by atoms with Gasteiger partial charge in [-0.15, -0.1) is 24.0 Å². The quantitative estimate of drug-likeness (QED) is 0.240. The fraction of sp³-hybridized carbons (Fsp3) is 0.619. The Hall–Kier alpha value is -1.39. The van der Waals surface area contributed by atoms with Gasteiger partial charge in [-0.25, -0.2) is 0 Å². The van der Waals surface area contributed by atoms with E-state index < -0.39 is 0 Å². The number of benzene rings is 1. The Bertz CT molecular complexity index is 665. The van der Waals surface area contributed by atoms with E-state index >= 15 is 0 Å². The lowest BCUT2D eigenvalue weighted by Gasteiger charge is -2.29. The molecule has 1 unspecified atom stereocenters. The smallest absolute Gasteiger partial charge is 0.246 e. The number of hydrogen-bond acceptors (Lipinski definition) is 4. The van der Waals surface area contributed by atoms with Gasteiger partial charge in [0, 0.05) is 45.0 Å². The Labute approximate surface area is 190 Å².